The molecule has 1 aromatic rings. The molecule has 0 spiro atoms. The molecule has 0 saturated heterocycles. The second-order valence-corrected chi connectivity index (χ2v) is 8.03. The van der Waals surface area contributed by atoms with E-state index in [-0.39, 0.29) is 17.9 Å². The smallest absolute Gasteiger partial charge is 0.263 e. The zero-order chi connectivity index (χ0) is 19.5. The minimum atomic E-state index is -0.0807. The van der Waals surface area contributed by atoms with Gasteiger partial charge in [0.2, 0.25) is 0 Å². The number of aliphatic hydroxyl groups excluding tert-OH is 1. The van der Waals surface area contributed by atoms with Gasteiger partial charge in [0.25, 0.3) is 5.91 Å². The first-order valence-electron chi connectivity index (χ1n) is 9.91. The third-order valence-electron chi connectivity index (χ3n) is 5.13. The molecule has 1 heterocycles. The van der Waals surface area contributed by atoms with Gasteiger partial charge in [0.05, 0.1) is 11.2 Å². The summed E-state index contributed by atoms with van der Waals surface area (Å²) in [6, 6.07) is 0. The molecule has 2 rings (SSSR count). The van der Waals surface area contributed by atoms with E-state index in [1.54, 1.807) is 5.51 Å². The molecule has 8 heteroatoms. The van der Waals surface area contributed by atoms with E-state index >= 15 is 0 Å². The van der Waals surface area contributed by atoms with E-state index in [0.29, 0.717) is 18.0 Å². The molecule has 0 aliphatic heterocycles. The van der Waals surface area contributed by atoms with Gasteiger partial charge >= 0.3 is 0 Å². The van der Waals surface area contributed by atoms with Crippen molar-refractivity contribution in [3.63, 3.8) is 0 Å². The Morgan fingerprint density at radius 1 is 1.26 bits per heavy atom. The lowest BCUT2D eigenvalue weighted by Crippen LogP contribution is -2.42. The second-order valence-electron chi connectivity index (χ2n) is 7.18. The highest BCUT2D eigenvalue weighted by Crippen LogP contribution is 2.39. The molecule has 0 bridgehead atoms. The Hall–Kier alpha value is -1.67. The third-order valence-corrected chi connectivity index (χ3v) is 6.06. The Morgan fingerprint density at radius 2 is 2.00 bits per heavy atom. The van der Waals surface area contributed by atoms with E-state index < -0.39 is 0 Å². The molecule has 0 unspecified atom stereocenters. The van der Waals surface area contributed by atoms with E-state index in [1.165, 1.54) is 30.6 Å². The van der Waals surface area contributed by atoms with E-state index in [2.05, 4.69) is 20.9 Å². The summed E-state index contributed by atoms with van der Waals surface area (Å²) in [4.78, 5) is 21.6. The number of carbonyl (C=O) groups excluding carboxylic acids is 1. The minimum Gasteiger partial charge on any atom is -0.396 e. The number of hydrogen-bond donors (Lipinski definition) is 4. The zero-order valence-electron chi connectivity index (χ0n) is 16.5. The van der Waals surface area contributed by atoms with Gasteiger partial charge in [-0.2, -0.15) is 0 Å². The molecule has 7 nitrogen and oxygen atoms in total. The normalized spacial score (nSPS) is 16.8. The Labute approximate surface area is 166 Å². The maximum atomic E-state index is 12.1. The van der Waals surface area contributed by atoms with E-state index in [1.807, 2.05) is 13.8 Å². The van der Waals surface area contributed by atoms with Crippen LogP contribution in [-0.4, -0.2) is 54.7 Å². The maximum Gasteiger partial charge on any atom is 0.263 e. The summed E-state index contributed by atoms with van der Waals surface area (Å²) in [6.07, 6.45) is 6.83. The van der Waals surface area contributed by atoms with Crippen LogP contribution in [0.1, 0.15) is 60.8 Å². The van der Waals surface area contributed by atoms with Crippen LogP contribution in [0.3, 0.4) is 0 Å². The molecule has 27 heavy (non-hydrogen) atoms. The number of thiazole rings is 1. The molecule has 1 saturated carbocycles. The first kappa shape index (κ1) is 21.6. The lowest BCUT2D eigenvalue weighted by atomic mass is 9.72. The van der Waals surface area contributed by atoms with Crippen LogP contribution in [0.4, 0.5) is 0 Å². The van der Waals surface area contributed by atoms with Gasteiger partial charge in [0, 0.05) is 32.8 Å². The quantitative estimate of drug-likeness (QED) is 0.291. The van der Waals surface area contributed by atoms with Gasteiger partial charge in [-0.3, -0.25) is 9.79 Å². The molecule has 1 fully saturated rings. The second kappa shape index (κ2) is 11.2. The van der Waals surface area contributed by atoms with Gasteiger partial charge in [-0.15, -0.1) is 11.3 Å². The van der Waals surface area contributed by atoms with Gasteiger partial charge in [0.15, 0.2) is 5.96 Å². The molecule has 1 aromatic heterocycles. The van der Waals surface area contributed by atoms with Gasteiger partial charge in [-0.1, -0.05) is 19.3 Å². The largest absolute Gasteiger partial charge is 0.396 e. The van der Waals surface area contributed by atoms with E-state index in [4.69, 9.17) is 4.99 Å². The van der Waals surface area contributed by atoms with Crippen molar-refractivity contribution in [2.75, 3.05) is 32.8 Å². The van der Waals surface area contributed by atoms with Crippen molar-refractivity contribution in [3.05, 3.63) is 16.1 Å². The number of aliphatic imine (C=N–C) groups is 1. The van der Waals surface area contributed by atoms with Crippen LogP contribution in [-0.2, 0) is 0 Å². The highest BCUT2D eigenvalue weighted by atomic mass is 32.1. The van der Waals surface area contributed by atoms with Gasteiger partial charge in [-0.05, 0) is 38.5 Å². The fraction of sp³-hybridized carbons (Fsp3) is 0.737. The fourth-order valence-electron chi connectivity index (χ4n) is 3.57. The Kier molecular flexibility index (Phi) is 9.00. The van der Waals surface area contributed by atoms with Crippen molar-refractivity contribution in [1.29, 1.82) is 0 Å². The van der Waals surface area contributed by atoms with Crippen LogP contribution in [0.5, 0.6) is 0 Å². The SMILES string of the molecule is CCNC(=NCC1(CCO)CCCCC1)NCCNC(=O)c1scnc1C. The number of carbonyl (C=O) groups is 1. The Bertz CT molecular complexity index is 605. The summed E-state index contributed by atoms with van der Waals surface area (Å²) < 4.78 is 0. The monoisotopic (exact) mass is 395 g/mol. The minimum absolute atomic E-state index is 0.0807. The van der Waals surface area contributed by atoms with Gasteiger partial charge in [-0.25, -0.2) is 4.98 Å². The average molecular weight is 396 g/mol. The van der Waals surface area contributed by atoms with Crippen LogP contribution < -0.4 is 16.0 Å². The number of aliphatic hydroxyl groups is 1. The molecule has 1 aliphatic rings. The molecule has 1 amide bonds. The Balaban J connectivity index is 1.82. The maximum absolute atomic E-state index is 12.1. The number of rotatable bonds is 9. The number of aryl methyl sites for hydroxylation is 1. The summed E-state index contributed by atoms with van der Waals surface area (Å²) in [5.41, 5.74) is 2.58. The Morgan fingerprint density at radius 3 is 2.63 bits per heavy atom. The van der Waals surface area contributed by atoms with Crippen molar-refractivity contribution >= 4 is 23.2 Å². The van der Waals surface area contributed by atoms with Crippen molar-refractivity contribution in [3.8, 4) is 0 Å². The van der Waals surface area contributed by atoms with Crippen LogP contribution in [0.2, 0.25) is 0 Å². The summed E-state index contributed by atoms with van der Waals surface area (Å²) in [6.45, 7) is 6.73. The summed E-state index contributed by atoms with van der Waals surface area (Å²) in [5.74, 6) is 0.687. The number of hydrogen-bond acceptors (Lipinski definition) is 5. The molecule has 4 N–H and O–H groups in total. The van der Waals surface area contributed by atoms with E-state index in [0.717, 1.165) is 44.0 Å². The first-order chi connectivity index (χ1) is 13.1. The average Bonchev–Trinajstić information content (AvgIpc) is 3.10. The summed E-state index contributed by atoms with van der Waals surface area (Å²) in [5, 5.41) is 18.9. The van der Waals surface area contributed by atoms with Crippen LogP contribution in [0.15, 0.2) is 10.5 Å². The molecule has 152 valence electrons. The topological polar surface area (TPSA) is 98.6 Å². The van der Waals surface area contributed by atoms with Crippen LogP contribution in [0, 0.1) is 12.3 Å². The molecule has 1 aliphatic carbocycles. The molecule has 0 atom stereocenters. The van der Waals surface area contributed by atoms with Crippen molar-refractivity contribution in [1.82, 2.24) is 20.9 Å². The molecule has 0 aromatic carbocycles. The first-order valence-corrected chi connectivity index (χ1v) is 10.8. The van der Waals surface area contributed by atoms with Crippen LogP contribution in [0.25, 0.3) is 0 Å². The number of guanidine groups is 1. The number of nitrogens with zero attached hydrogens (tertiary/aromatic N) is 2. The lowest BCUT2D eigenvalue weighted by molar-refractivity contribution is 0.0957. The van der Waals surface area contributed by atoms with Crippen LogP contribution >= 0.6 is 11.3 Å². The fourth-order valence-corrected chi connectivity index (χ4v) is 4.29. The van der Waals surface area contributed by atoms with Crippen molar-refractivity contribution < 1.29 is 9.90 Å². The van der Waals surface area contributed by atoms with E-state index in [9.17, 15) is 9.90 Å². The van der Waals surface area contributed by atoms with Gasteiger partial charge in [0.1, 0.15) is 4.88 Å². The van der Waals surface area contributed by atoms with Crippen molar-refractivity contribution in [2.24, 2.45) is 10.4 Å². The number of amides is 1. The van der Waals surface area contributed by atoms with Gasteiger partial charge < -0.3 is 21.1 Å². The zero-order valence-corrected chi connectivity index (χ0v) is 17.3. The lowest BCUT2D eigenvalue weighted by Gasteiger charge is -2.35. The van der Waals surface area contributed by atoms with Crippen molar-refractivity contribution in [2.45, 2.75) is 52.4 Å². The standard InChI is InChI=1S/C19H33N5O2S/c1-3-20-18(23-13-19(9-12-25)7-5-4-6-8-19)22-11-10-21-17(26)16-15(2)24-14-27-16/h14,25H,3-13H2,1-2H3,(H,21,26)(H2,20,22,23). The summed E-state index contributed by atoms with van der Waals surface area (Å²) in [7, 11) is 0. The predicted molar refractivity (Wildman–Crippen MR) is 110 cm³/mol. The number of aromatic nitrogens is 1. The molecular weight excluding hydrogens is 362 g/mol. The third kappa shape index (κ3) is 6.77. The highest BCUT2D eigenvalue weighted by molar-refractivity contribution is 7.11. The molecular formula is C19H33N5O2S. The highest BCUT2D eigenvalue weighted by Gasteiger charge is 2.31. The predicted octanol–water partition coefficient (Wildman–Crippen LogP) is 2.07. The summed E-state index contributed by atoms with van der Waals surface area (Å²) >= 11 is 1.36. The number of nitrogens with one attached hydrogen (secondary N) is 3. The molecule has 0 radical (unpaired) electrons.